The summed E-state index contributed by atoms with van der Waals surface area (Å²) in [5.41, 5.74) is 0. The van der Waals surface area contributed by atoms with Gasteiger partial charge in [0, 0.05) is 12.5 Å². The summed E-state index contributed by atoms with van der Waals surface area (Å²) in [5.74, 6) is 1.06. The number of carboxylic acid groups (broad SMARTS) is 1. The number of carboxylic acids is 1. The van der Waals surface area contributed by atoms with Gasteiger partial charge in [0.25, 0.3) is 0 Å². The van der Waals surface area contributed by atoms with E-state index in [2.05, 4.69) is 16.6 Å². The van der Waals surface area contributed by atoms with Gasteiger partial charge in [-0.05, 0) is 6.92 Å². The van der Waals surface area contributed by atoms with Crippen LogP contribution in [0.5, 0.6) is 0 Å². The Labute approximate surface area is 87.7 Å². The highest BCUT2D eigenvalue weighted by Gasteiger charge is 2.18. The van der Waals surface area contributed by atoms with Gasteiger partial charge in [0.1, 0.15) is 0 Å². The predicted molar refractivity (Wildman–Crippen MR) is 53.1 cm³/mol. The Kier molecular flexibility index (Phi) is 5.90. The Hall–Kier alpha value is -1.74. The summed E-state index contributed by atoms with van der Waals surface area (Å²) >= 11 is 0. The van der Waals surface area contributed by atoms with Crippen LogP contribution in [0.1, 0.15) is 13.3 Å². The molecule has 6 heteroatoms. The van der Waals surface area contributed by atoms with E-state index in [9.17, 15) is 9.59 Å². The smallest absolute Gasteiger partial charge is 0.328 e. The van der Waals surface area contributed by atoms with Crippen molar-refractivity contribution in [1.29, 1.82) is 0 Å². The first-order valence-electron chi connectivity index (χ1n) is 4.35. The van der Waals surface area contributed by atoms with Gasteiger partial charge in [0.05, 0.1) is 6.61 Å². The van der Waals surface area contributed by atoms with Crippen LogP contribution < -0.4 is 10.6 Å². The van der Waals surface area contributed by atoms with Gasteiger partial charge >= 0.3 is 12.0 Å². The standard InChI is InChI=1S/C9H14N2O4/c1-3-4-6(2)10-9(15)11-7(5-12)8(13)14/h1,6-7,12H,4-5H2,2H3,(H,13,14)(H2,10,11,15)/t6?,7-/m1/s1. The van der Waals surface area contributed by atoms with Crippen molar-refractivity contribution in [3.63, 3.8) is 0 Å². The van der Waals surface area contributed by atoms with Crippen LogP contribution in [0.4, 0.5) is 4.79 Å². The minimum absolute atomic E-state index is 0.247. The van der Waals surface area contributed by atoms with E-state index in [1.54, 1.807) is 6.92 Å². The molecule has 0 aromatic rings. The van der Waals surface area contributed by atoms with Gasteiger partial charge in [-0.25, -0.2) is 9.59 Å². The van der Waals surface area contributed by atoms with Gasteiger partial charge in [0.15, 0.2) is 6.04 Å². The maximum absolute atomic E-state index is 11.1. The highest BCUT2D eigenvalue weighted by Crippen LogP contribution is 1.88. The van der Waals surface area contributed by atoms with Gasteiger partial charge < -0.3 is 20.8 Å². The van der Waals surface area contributed by atoms with Crippen molar-refractivity contribution in [3.8, 4) is 12.3 Å². The van der Waals surface area contributed by atoms with Crippen molar-refractivity contribution < 1.29 is 19.8 Å². The molecule has 0 spiro atoms. The molecule has 0 fully saturated rings. The number of nitrogens with one attached hydrogen (secondary N) is 2. The lowest BCUT2D eigenvalue weighted by Gasteiger charge is -2.15. The number of aliphatic hydroxyl groups excluding tert-OH is 1. The van der Waals surface area contributed by atoms with Crippen molar-refractivity contribution >= 4 is 12.0 Å². The molecule has 0 aromatic carbocycles. The molecular formula is C9H14N2O4. The van der Waals surface area contributed by atoms with Crippen LogP contribution in [0.25, 0.3) is 0 Å². The number of rotatable bonds is 5. The minimum atomic E-state index is -1.30. The second-order valence-electron chi connectivity index (χ2n) is 3.00. The molecule has 84 valence electrons. The van der Waals surface area contributed by atoms with Crippen molar-refractivity contribution in [3.05, 3.63) is 0 Å². The Bertz CT molecular complexity index is 272. The fourth-order valence-electron chi connectivity index (χ4n) is 0.837. The van der Waals surface area contributed by atoms with E-state index in [1.807, 2.05) is 0 Å². The van der Waals surface area contributed by atoms with E-state index in [-0.39, 0.29) is 6.04 Å². The molecule has 0 saturated heterocycles. The summed E-state index contributed by atoms with van der Waals surface area (Å²) in [6.07, 6.45) is 5.38. The summed E-state index contributed by atoms with van der Waals surface area (Å²) < 4.78 is 0. The SMILES string of the molecule is C#CCC(C)NC(=O)N[C@H](CO)C(=O)O. The number of aliphatic hydroxyl groups is 1. The molecule has 2 amide bonds. The van der Waals surface area contributed by atoms with Crippen LogP contribution in [-0.2, 0) is 4.79 Å². The number of terminal acetylenes is 1. The van der Waals surface area contributed by atoms with Gasteiger partial charge in [0.2, 0.25) is 0 Å². The summed E-state index contributed by atoms with van der Waals surface area (Å²) in [6, 6.07) is -2.22. The average Bonchev–Trinajstić information content (AvgIpc) is 2.13. The monoisotopic (exact) mass is 214 g/mol. The molecule has 0 heterocycles. The summed E-state index contributed by atoms with van der Waals surface area (Å²) in [7, 11) is 0. The van der Waals surface area contributed by atoms with E-state index in [4.69, 9.17) is 16.6 Å². The Morgan fingerprint density at radius 1 is 1.47 bits per heavy atom. The molecule has 4 N–H and O–H groups in total. The van der Waals surface area contributed by atoms with Gasteiger partial charge in [-0.3, -0.25) is 0 Å². The minimum Gasteiger partial charge on any atom is -0.480 e. The van der Waals surface area contributed by atoms with Crippen molar-refractivity contribution in [2.45, 2.75) is 25.4 Å². The third-order valence-electron chi connectivity index (χ3n) is 1.59. The van der Waals surface area contributed by atoms with E-state index in [1.165, 1.54) is 0 Å². The first-order valence-corrected chi connectivity index (χ1v) is 4.35. The number of urea groups is 1. The predicted octanol–water partition coefficient (Wildman–Crippen LogP) is -0.857. The van der Waals surface area contributed by atoms with E-state index < -0.39 is 24.6 Å². The van der Waals surface area contributed by atoms with Crippen molar-refractivity contribution in [2.75, 3.05) is 6.61 Å². The zero-order valence-corrected chi connectivity index (χ0v) is 8.36. The number of amides is 2. The zero-order chi connectivity index (χ0) is 11.8. The molecular weight excluding hydrogens is 200 g/mol. The summed E-state index contributed by atoms with van der Waals surface area (Å²) in [6.45, 7) is 1.03. The number of aliphatic carboxylic acids is 1. The normalized spacial score (nSPS) is 13.4. The fourth-order valence-corrected chi connectivity index (χ4v) is 0.837. The molecule has 0 aromatic heterocycles. The highest BCUT2D eigenvalue weighted by molar-refractivity contribution is 5.82. The number of carbonyl (C=O) groups is 2. The number of hydrogen-bond donors (Lipinski definition) is 4. The summed E-state index contributed by atoms with van der Waals surface area (Å²) in [5, 5.41) is 21.7. The lowest BCUT2D eigenvalue weighted by molar-refractivity contribution is -0.140. The Morgan fingerprint density at radius 2 is 2.07 bits per heavy atom. The second-order valence-corrected chi connectivity index (χ2v) is 3.00. The molecule has 1 unspecified atom stereocenters. The first kappa shape index (κ1) is 13.3. The first-order chi connectivity index (χ1) is 7.01. The van der Waals surface area contributed by atoms with Crippen LogP contribution in [0.2, 0.25) is 0 Å². The fraction of sp³-hybridized carbons (Fsp3) is 0.556. The van der Waals surface area contributed by atoms with E-state index in [0.717, 1.165) is 0 Å². The second kappa shape index (κ2) is 6.68. The van der Waals surface area contributed by atoms with Gasteiger partial charge in [-0.15, -0.1) is 12.3 Å². The van der Waals surface area contributed by atoms with Crippen LogP contribution in [-0.4, -0.2) is 40.9 Å². The van der Waals surface area contributed by atoms with Crippen molar-refractivity contribution in [2.24, 2.45) is 0 Å². The van der Waals surface area contributed by atoms with E-state index >= 15 is 0 Å². The molecule has 0 aliphatic carbocycles. The topological polar surface area (TPSA) is 98.7 Å². The summed E-state index contributed by atoms with van der Waals surface area (Å²) in [4.78, 5) is 21.6. The molecule has 0 bridgehead atoms. The third kappa shape index (κ3) is 5.54. The van der Waals surface area contributed by atoms with Crippen LogP contribution in [0, 0.1) is 12.3 Å². The van der Waals surface area contributed by atoms with Crippen LogP contribution >= 0.6 is 0 Å². The van der Waals surface area contributed by atoms with Crippen molar-refractivity contribution in [1.82, 2.24) is 10.6 Å². The molecule has 0 rings (SSSR count). The largest absolute Gasteiger partial charge is 0.480 e. The molecule has 0 aliphatic heterocycles. The Balaban J connectivity index is 4.02. The highest BCUT2D eigenvalue weighted by atomic mass is 16.4. The molecule has 15 heavy (non-hydrogen) atoms. The molecule has 0 radical (unpaired) electrons. The zero-order valence-electron chi connectivity index (χ0n) is 8.36. The molecule has 6 nitrogen and oxygen atoms in total. The van der Waals surface area contributed by atoms with E-state index in [0.29, 0.717) is 6.42 Å². The molecule has 2 atom stereocenters. The Morgan fingerprint density at radius 3 is 2.47 bits per heavy atom. The van der Waals surface area contributed by atoms with Gasteiger partial charge in [-0.2, -0.15) is 0 Å². The molecule has 0 aliphatic rings. The number of hydrogen-bond acceptors (Lipinski definition) is 3. The van der Waals surface area contributed by atoms with Gasteiger partial charge in [-0.1, -0.05) is 0 Å². The average molecular weight is 214 g/mol. The maximum Gasteiger partial charge on any atom is 0.328 e. The molecule has 0 saturated carbocycles. The maximum atomic E-state index is 11.1. The van der Waals surface area contributed by atoms with Crippen LogP contribution in [0.3, 0.4) is 0 Å². The lowest BCUT2D eigenvalue weighted by Crippen LogP contribution is -2.49. The lowest BCUT2D eigenvalue weighted by atomic mass is 10.2. The quantitative estimate of drug-likeness (QED) is 0.448. The third-order valence-corrected chi connectivity index (χ3v) is 1.59. The van der Waals surface area contributed by atoms with Crippen LogP contribution in [0.15, 0.2) is 0 Å². The number of carbonyl (C=O) groups excluding carboxylic acids is 1.